The van der Waals surface area contributed by atoms with Crippen molar-refractivity contribution in [2.75, 3.05) is 7.11 Å². The Morgan fingerprint density at radius 3 is 2.50 bits per heavy atom. The molecule has 1 aromatic rings. The first kappa shape index (κ1) is 8.46. The first-order chi connectivity index (χ1) is 5.69. The second-order valence-electron chi connectivity index (χ2n) is 2.29. The minimum Gasteiger partial charge on any atom is -0.507 e. The van der Waals surface area contributed by atoms with Crippen molar-refractivity contribution in [2.24, 2.45) is 0 Å². The van der Waals surface area contributed by atoms with Gasteiger partial charge in [-0.1, -0.05) is 12.7 Å². The average Bonchev–Trinajstić information content (AvgIpc) is 2.05. The van der Waals surface area contributed by atoms with Crippen molar-refractivity contribution in [3.8, 4) is 17.2 Å². The summed E-state index contributed by atoms with van der Waals surface area (Å²) in [5.41, 5.74) is 0.532. The van der Waals surface area contributed by atoms with Crippen molar-refractivity contribution >= 4 is 6.08 Å². The van der Waals surface area contributed by atoms with E-state index in [1.165, 1.54) is 25.3 Å². The SMILES string of the molecule is C=Cc1cc(OC)c(O)cc1O. The van der Waals surface area contributed by atoms with Crippen LogP contribution >= 0.6 is 0 Å². The van der Waals surface area contributed by atoms with Gasteiger partial charge in [0.2, 0.25) is 0 Å². The normalized spacial score (nSPS) is 9.42. The van der Waals surface area contributed by atoms with Crippen molar-refractivity contribution in [3.05, 3.63) is 24.3 Å². The topological polar surface area (TPSA) is 49.7 Å². The van der Waals surface area contributed by atoms with Crippen LogP contribution in [0.15, 0.2) is 18.7 Å². The maximum absolute atomic E-state index is 9.22. The molecule has 0 bridgehead atoms. The number of rotatable bonds is 2. The summed E-state index contributed by atoms with van der Waals surface area (Å²) in [6, 6.07) is 2.73. The number of hydrogen-bond acceptors (Lipinski definition) is 3. The quantitative estimate of drug-likeness (QED) is 0.703. The van der Waals surface area contributed by atoms with Crippen LogP contribution in [0.25, 0.3) is 6.08 Å². The molecule has 64 valence electrons. The van der Waals surface area contributed by atoms with Crippen molar-refractivity contribution in [1.29, 1.82) is 0 Å². The highest BCUT2D eigenvalue weighted by Gasteiger charge is 2.05. The third-order valence-corrected chi connectivity index (χ3v) is 1.55. The highest BCUT2D eigenvalue weighted by molar-refractivity contribution is 5.61. The largest absolute Gasteiger partial charge is 0.507 e. The van der Waals surface area contributed by atoms with E-state index in [1.54, 1.807) is 0 Å². The lowest BCUT2D eigenvalue weighted by Crippen LogP contribution is -1.84. The van der Waals surface area contributed by atoms with Crippen LogP contribution in [0.4, 0.5) is 0 Å². The molecule has 0 heterocycles. The van der Waals surface area contributed by atoms with Gasteiger partial charge >= 0.3 is 0 Å². The van der Waals surface area contributed by atoms with E-state index in [4.69, 9.17) is 4.74 Å². The van der Waals surface area contributed by atoms with Gasteiger partial charge in [0.25, 0.3) is 0 Å². The lowest BCUT2D eigenvalue weighted by atomic mass is 10.2. The van der Waals surface area contributed by atoms with Crippen LogP contribution in [-0.2, 0) is 0 Å². The lowest BCUT2D eigenvalue weighted by Gasteiger charge is -2.05. The van der Waals surface area contributed by atoms with Crippen LogP contribution in [0.3, 0.4) is 0 Å². The number of phenolic OH excluding ortho intramolecular Hbond substituents is 2. The van der Waals surface area contributed by atoms with Crippen LogP contribution in [0.2, 0.25) is 0 Å². The van der Waals surface area contributed by atoms with Gasteiger partial charge in [-0.05, 0) is 6.07 Å². The van der Waals surface area contributed by atoms with E-state index in [9.17, 15) is 10.2 Å². The van der Waals surface area contributed by atoms with Gasteiger partial charge in [0.05, 0.1) is 7.11 Å². The van der Waals surface area contributed by atoms with E-state index >= 15 is 0 Å². The van der Waals surface area contributed by atoms with Crippen LogP contribution in [0.5, 0.6) is 17.2 Å². The van der Waals surface area contributed by atoms with E-state index in [1.807, 2.05) is 0 Å². The highest BCUT2D eigenvalue weighted by atomic mass is 16.5. The molecule has 0 radical (unpaired) electrons. The summed E-state index contributed by atoms with van der Waals surface area (Å²) in [5.74, 6) is 0.228. The zero-order chi connectivity index (χ0) is 9.14. The van der Waals surface area contributed by atoms with Crippen LogP contribution in [0, 0.1) is 0 Å². The molecule has 0 aliphatic rings. The Morgan fingerprint density at radius 2 is 2.00 bits per heavy atom. The predicted octanol–water partition coefficient (Wildman–Crippen LogP) is 1.75. The molecule has 0 aliphatic heterocycles. The summed E-state index contributed by atoms with van der Waals surface area (Å²) in [5, 5.41) is 18.4. The molecule has 0 saturated carbocycles. The second kappa shape index (κ2) is 3.17. The molecule has 1 rings (SSSR count). The third-order valence-electron chi connectivity index (χ3n) is 1.55. The molecule has 0 aliphatic carbocycles. The molecule has 0 fully saturated rings. The van der Waals surface area contributed by atoms with Gasteiger partial charge in [-0.2, -0.15) is 0 Å². The van der Waals surface area contributed by atoms with Gasteiger partial charge in [-0.15, -0.1) is 0 Å². The molecule has 12 heavy (non-hydrogen) atoms. The van der Waals surface area contributed by atoms with E-state index in [0.29, 0.717) is 11.3 Å². The zero-order valence-corrected chi connectivity index (χ0v) is 6.74. The molecule has 0 atom stereocenters. The zero-order valence-electron chi connectivity index (χ0n) is 6.74. The molecule has 0 amide bonds. The summed E-state index contributed by atoms with van der Waals surface area (Å²) in [6.07, 6.45) is 1.48. The third kappa shape index (κ3) is 1.34. The first-order valence-electron chi connectivity index (χ1n) is 3.41. The minimum absolute atomic E-state index is 0.0108. The van der Waals surface area contributed by atoms with E-state index in [2.05, 4.69) is 6.58 Å². The number of benzene rings is 1. The second-order valence-corrected chi connectivity index (χ2v) is 2.29. The predicted molar refractivity (Wildman–Crippen MR) is 46.4 cm³/mol. The van der Waals surface area contributed by atoms with Crippen LogP contribution in [0.1, 0.15) is 5.56 Å². The fourth-order valence-electron chi connectivity index (χ4n) is 0.900. The Balaban J connectivity index is 3.26. The summed E-state index contributed by atoms with van der Waals surface area (Å²) >= 11 is 0. The molecular weight excluding hydrogens is 156 g/mol. The minimum atomic E-state index is -0.0828. The Hall–Kier alpha value is -1.64. The number of ether oxygens (including phenoxy) is 1. The van der Waals surface area contributed by atoms with Gasteiger partial charge in [0.1, 0.15) is 5.75 Å². The molecule has 3 heteroatoms. The van der Waals surface area contributed by atoms with Crippen LogP contribution < -0.4 is 4.74 Å². The van der Waals surface area contributed by atoms with E-state index < -0.39 is 0 Å². The van der Waals surface area contributed by atoms with Gasteiger partial charge in [-0.25, -0.2) is 0 Å². The van der Waals surface area contributed by atoms with Gasteiger partial charge in [0.15, 0.2) is 11.5 Å². The number of phenols is 2. The Kier molecular flexibility index (Phi) is 2.24. The Morgan fingerprint density at radius 1 is 1.33 bits per heavy atom. The monoisotopic (exact) mass is 166 g/mol. The fraction of sp³-hybridized carbons (Fsp3) is 0.111. The molecule has 0 saturated heterocycles. The molecular formula is C9H10O3. The maximum Gasteiger partial charge on any atom is 0.161 e. The number of hydrogen-bond donors (Lipinski definition) is 2. The highest BCUT2D eigenvalue weighted by Crippen LogP contribution is 2.33. The number of methoxy groups -OCH3 is 1. The average molecular weight is 166 g/mol. The first-order valence-corrected chi connectivity index (χ1v) is 3.41. The van der Waals surface area contributed by atoms with Crippen molar-refractivity contribution in [2.45, 2.75) is 0 Å². The van der Waals surface area contributed by atoms with Gasteiger partial charge in [-0.3, -0.25) is 0 Å². The molecule has 3 nitrogen and oxygen atoms in total. The van der Waals surface area contributed by atoms with Crippen molar-refractivity contribution < 1.29 is 14.9 Å². The maximum atomic E-state index is 9.22. The Bertz CT molecular complexity index is 305. The standard InChI is InChI=1S/C9H10O3/c1-3-6-4-9(12-2)8(11)5-7(6)10/h3-5,10-11H,1H2,2H3. The van der Waals surface area contributed by atoms with E-state index in [0.717, 1.165) is 0 Å². The molecule has 2 N–H and O–H groups in total. The van der Waals surface area contributed by atoms with Crippen molar-refractivity contribution in [3.63, 3.8) is 0 Å². The number of aromatic hydroxyl groups is 2. The summed E-state index contributed by atoms with van der Waals surface area (Å²) in [7, 11) is 1.44. The molecule has 0 unspecified atom stereocenters. The summed E-state index contributed by atoms with van der Waals surface area (Å²) in [6.45, 7) is 3.50. The summed E-state index contributed by atoms with van der Waals surface area (Å²) in [4.78, 5) is 0. The Labute approximate surface area is 70.5 Å². The van der Waals surface area contributed by atoms with Crippen molar-refractivity contribution in [1.82, 2.24) is 0 Å². The fourth-order valence-corrected chi connectivity index (χ4v) is 0.900. The molecule has 0 spiro atoms. The van der Waals surface area contributed by atoms with Gasteiger partial charge < -0.3 is 14.9 Å². The van der Waals surface area contributed by atoms with Crippen LogP contribution in [-0.4, -0.2) is 17.3 Å². The lowest BCUT2D eigenvalue weighted by molar-refractivity contribution is 0.369. The van der Waals surface area contributed by atoms with Gasteiger partial charge in [0, 0.05) is 11.6 Å². The summed E-state index contributed by atoms with van der Waals surface area (Å²) < 4.78 is 4.83. The smallest absolute Gasteiger partial charge is 0.161 e. The van der Waals surface area contributed by atoms with E-state index in [-0.39, 0.29) is 11.5 Å². The molecule has 1 aromatic carbocycles. The molecule has 0 aromatic heterocycles.